The fourth-order valence-electron chi connectivity index (χ4n) is 1.62. The molecule has 0 aliphatic heterocycles. The van der Waals surface area contributed by atoms with Crippen LogP contribution < -0.4 is 16.0 Å². The van der Waals surface area contributed by atoms with Gasteiger partial charge in [0.15, 0.2) is 5.13 Å². The van der Waals surface area contributed by atoms with Crippen LogP contribution in [0, 0.1) is 0 Å². The molecule has 0 aliphatic carbocycles. The van der Waals surface area contributed by atoms with Gasteiger partial charge in [0.2, 0.25) is 5.91 Å². The second kappa shape index (κ2) is 8.05. The molecule has 1 heterocycles. The number of carbonyl (C=O) groups excluding carboxylic acids is 1. The van der Waals surface area contributed by atoms with Crippen LogP contribution in [0.4, 0.5) is 5.13 Å². The molecule has 0 radical (unpaired) electrons. The Kier molecular flexibility index (Phi) is 6.67. The minimum atomic E-state index is -0.238. The predicted molar refractivity (Wildman–Crippen MR) is 75.8 cm³/mol. The molecule has 0 bridgehead atoms. The van der Waals surface area contributed by atoms with Crippen molar-refractivity contribution in [1.82, 2.24) is 10.3 Å². The first-order valence-corrected chi connectivity index (χ1v) is 7.17. The van der Waals surface area contributed by atoms with Crippen LogP contribution in [-0.2, 0) is 11.3 Å². The topological polar surface area (TPSA) is 71.2 Å². The van der Waals surface area contributed by atoms with Crippen LogP contribution in [0.5, 0.6) is 0 Å². The zero-order valence-corrected chi connectivity index (χ0v) is 11.9. The number of primary amides is 1. The number of aromatic nitrogens is 1. The van der Waals surface area contributed by atoms with E-state index in [1.807, 2.05) is 6.20 Å². The van der Waals surface area contributed by atoms with E-state index in [9.17, 15) is 4.79 Å². The maximum Gasteiger partial charge on any atom is 0.217 e. The molecule has 0 spiro atoms. The van der Waals surface area contributed by atoms with Crippen LogP contribution in [-0.4, -0.2) is 30.5 Å². The highest BCUT2D eigenvalue weighted by Crippen LogP contribution is 2.21. The Bertz CT molecular complexity index is 363. The third kappa shape index (κ3) is 5.01. The Balaban J connectivity index is 2.29. The Morgan fingerprint density at radius 3 is 2.83 bits per heavy atom. The van der Waals surface area contributed by atoms with Gasteiger partial charge in [0, 0.05) is 37.1 Å². The van der Waals surface area contributed by atoms with Crippen molar-refractivity contribution in [2.24, 2.45) is 5.73 Å². The van der Waals surface area contributed by atoms with E-state index in [0.717, 1.165) is 37.7 Å². The van der Waals surface area contributed by atoms with Gasteiger partial charge in [-0.2, -0.15) is 0 Å². The molecule has 0 aromatic carbocycles. The van der Waals surface area contributed by atoms with E-state index in [1.54, 1.807) is 11.3 Å². The number of hydrogen-bond acceptors (Lipinski definition) is 5. The normalized spacial score (nSPS) is 10.6. The summed E-state index contributed by atoms with van der Waals surface area (Å²) in [5, 5.41) is 4.37. The summed E-state index contributed by atoms with van der Waals surface area (Å²) in [6.07, 6.45) is 3.15. The highest BCUT2D eigenvalue weighted by Gasteiger charge is 2.07. The Morgan fingerprint density at radius 2 is 2.22 bits per heavy atom. The van der Waals surface area contributed by atoms with Gasteiger partial charge in [-0.05, 0) is 26.8 Å². The quantitative estimate of drug-likeness (QED) is 0.664. The molecule has 1 amide bonds. The summed E-state index contributed by atoms with van der Waals surface area (Å²) in [6, 6.07) is 0. The zero-order valence-electron chi connectivity index (χ0n) is 11.1. The van der Waals surface area contributed by atoms with Gasteiger partial charge in [-0.3, -0.25) is 4.79 Å². The summed E-state index contributed by atoms with van der Waals surface area (Å²) in [4.78, 5) is 18.4. The molecule has 0 fully saturated rings. The number of nitrogens with zero attached hydrogens (tertiary/aromatic N) is 2. The first-order chi connectivity index (χ1) is 8.67. The number of hydrogen-bond donors (Lipinski definition) is 2. The van der Waals surface area contributed by atoms with E-state index >= 15 is 0 Å². The van der Waals surface area contributed by atoms with Crippen LogP contribution in [0.25, 0.3) is 0 Å². The lowest BCUT2D eigenvalue weighted by Gasteiger charge is -2.16. The van der Waals surface area contributed by atoms with Crippen molar-refractivity contribution in [2.75, 3.05) is 24.5 Å². The zero-order chi connectivity index (χ0) is 13.4. The number of anilines is 1. The maximum absolute atomic E-state index is 10.6. The molecule has 5 nitrogen and oxygen atoms in total. The van der Waals surface area contributed by atoms with Gasteiger partial charge in [-0.15, -0.1) is 11.3 Å². The summed E-state index contributed by atoms with van der Waals surface area (Å²) >= 11 is 1.72. The van der Waals surface area contributed by atoms with E-state index in [4.69, 9.17) is 5.73 Å². The molecule has 0 unspecified atom stereocenters. The van der Waals surface area contributed by atoms with Crippen molar-refractivity contribution in [2.45, 2.75) is 33.2 Å². The number of rotatable bonds is 9. The summed E-state index contributed by atoms with van der Waals surface area (Å²) in [5.41, 5.74) is 5.07. The van der Waals surface area contributed by atoms with Gasteiger partial charge in [-0.1, -0.05) is 0 Å². The molecule has 6 heteroatoms. The first-order valence-electron chi connectivity index (χ1n) is 6.36. The molecule has 1 rings (SSSR count). The van der Waals surface area contributed by atoms with Gasteiger partial charge < -0.3 is 16.0 Å². The van der Waals surface area contributed by atoms with Crippen molar-refractivity contribution in [3.63, 3.8) is 0 Å². The van der Waals surface area contributed by atoms with Gasteiger partial charge in [0.25, 0.3) is 0 Å². The lowest BCUT2D eigenvalue weighted by Crippen LogP contribution is -2.21. The van der Waals surface area contributed by atoms with Crippen molar-refractivity contribution >= 4 is 22.4 Å². The number of nitrogens with one attached hydrogen (secondary N) is 1. The fraction of sp³-hybridized carbons (Fsp3) is 0.667. The van der Waals surface area contributed by atoms with Crippen molar-refractivity contribution < 1.29 is 4.79 Å². The minimum absolute atomic E-state index is 0.238. The molecule has 0 saturated carbocycles. The smallest absolute Gasteiger partial charge is 0.217 e. The van der Waals surface area contributed by atoms with Gasteiger partial charge >= 0.3 is 0 Å². The summed E-state index contributed by atoms with van der Waals surface area (Å²) in [6.45, 7) is 7.84. The third-order valence-corrected chi connectivity index (χ3v) is 3.71. The number of thiazole rings is 1. The van der Waals surface area contributed by atoms with Crippen LogP contribution in [0.2, 0.25) is 0 Å². The monoisotopic (exact) mass is 270 g/mol. The molecule has 0 atom stereocenters. The molecule has 3 N–H and O–H groups in total. The van der Waals surface area contributed by atoms with Gasteiger partial charge in [0.1, 0.15) is 0 Å². The minimum Gasteiger partial charge on any atom is -0.370 e. The number of nitrogens with two attached hydrogens (primary N) is 1. The van der Waals surface area contributed by atoms with Crippen LogP contribution >= 0.6 is 11.3 Å². The Hall–Kier alpha value is -1.14. The highest BCUT2D eigenvalue weighted by molar-refractivity contribution is 7.15. The second-order valence-corrected chi connectivity index (χ2v) is 5.12. The fourth-order valence-corrected chi connectivity index (χ4v) is 2.63. The summed E-state index contributed by atoms with van der Waals surface area (Å²) in [5.74, 6) is -0.238. The Morgan fingerprint density at radius 1 is 1.50 bits per heavy atom. The van der Waals surface area contributed by atoms with E-state index in [2.05, 4.69) is 29.0 Å². The molecular weight excluding hydrogens is 248 g/mol. The highest BCUT2D eigenvalue weighted by atomic mass is 32.1. The molecular formula is C12H22N4OS. The summed E-state index contributed by atoms with van der Waals surface area (Å²) in [7, 11) is 0. The third-order valence-electron chi connectivity index (χ3n) is 2.65. The molecule has 0 saturated heterocycles. The lowest BCUT2D eigenvalue weighted by atomic mass is 10.3. The van der Waals surface area contributed by atoms with Crippen molar-refractivity contribution in [3.05, 3.63) is 11.1 Å². The van der Waals surface area contributed by atoms with E-state index in [-0.39, 0.29) is 5.91 Å². The van der Waals surface area contributed by atoms with Crippen molar-refractivity contribution in [1.29, 1.82) is 0 Å². The van der Waals surface area contributed by atoms with Gasteiger partial charge in [-0.25, -0.2) is 4.98 Å². The molecule has 18 heavy (non-hydrogen) atoms. The van der Waals surface area contributed by atoms with Gasteiger partial charge in [0.05, 0.1) is 0 Å². The van der Waals surface area contributed by atoms with Crippen molar-refractivity contribution in [3.8, 4) is 0 Å². The first kappa shape index (κ1) is 14.9. The predicted octanol–water partition coefficient (Wildman–Crippen LogP) is 1.34. The number of carbonyl (C=O) groups is 1. The molecule has 1 aromatic heterocycles. The SMILES string of the molecule is CCN(CC)c1ncc(CNCCCC(N)=O)s1. The molecule has 0 aliphatic rings. The lowest BCUT2D eigenvalue weighted by molar-refractivity contribution is -0.118. The average molecular weight is 270 g/mol. The molecule has 1 aromatic rings. The van der Waals surface area contributed by atoms with Crippen LogP contribution in [0.3, 0.4) is 0 Å². The Labute approximate surface area is 112 Å². The standard InChI is InChI=1S/C12H22N4OS/c1-3-16(4-2)12-15-9-10(18-12)8-14-7-5-6-11(13)17/h9,14H,3-8H2,1-2H3,(H2,13,17). The van der Waals surface area contributed by atoms with Crippen LogP contribution in [0.15, 0.2) is 6.20 Å². The van der Waals surface area contributed by atoms with E-state index in [1.165, 1.54) is 4.88 Å². The largest absolute Gasteiger partial charge is 0.370 e. The number of amides is 1. The van der Waals surface area contributed by atoms with Crippen LogP contribution in [0.1, 0.15) is 31.6 Å². The summed E-state index contributed by atoms with van der Waals surface area (Å²) < 4.78 is 0. The molecule has 102 valence electrons. The average Bonchev–Trinajstić information content (AvgIpc) is 2.79. The van der Waals surface area contributed by atoms with E-state index in [0.29, 0.717) is 6.42 Å². The van der Waals surface area contributed by atoms with E-state index < -0.39 is 0 Å². The second-order valence-electron chi connectivity index (χ2n) is 4.03. The maximum atomic E-state index is 10.6.